The van der Waals surface area contributed by atoms with Crippen molar-refractivity contribution in [2.45, 2.75) is 0 Å². The summed E-state index contributed by atoms with van der Waals surface area (Å²) in [5.41, 5.74) is 0. The van der Waals surface area contributed by atoms with Gasteiger partial charge in [-0.15, -0.1) is 0 Å². The molecule has 0 rings (SSSR count). The van der Waals surface area contributed by atoms with Crippen LogP contribution in [0, 0.1) is 15.3 Å². The van der Waals surface area contributed by atoms with Crippen molar-refractivity contribution in [3.05, 3.63) is 15.3 Å². The quantitative estimate of drug-likeness (QED) is 0.234. The summed E-state index contributed by atoms with van der Waals surface area (Å²) >= 11 is 0. The summed E-state index contributed by atoms with van der Waals surface area (Å²) in [5.74, 6) is 0. The standard InChI is InChI=1S/Al.Mg.NO3.H2O/c;;2-1(3)4;/h;;;1H2/q+3;+2;-1;/p-1. The Morgan fingerprint density at radius 2 is 1.29 bits per heavy atom. The fourth-order valence-corrected chi connectivity index (χ4v) is 0. The van der Waals surface area contributed by atoms with Gasteiger partial charge < -0.3 is 20.8 Å². The molecule has 0 fully saturated rings. The van der Waals surface area contributed by atoms with Crippen LogP contribution in [0.1, 0.15) is 0 Å². The Morgan fingerprint density at radius 3 is 1.29 bits per heavy atom. The van der Waals surface area contributed by atoms with E-state index in [9.17, 15) is 0 Å². The van der Waals surface area contributed by atoms with E-state index < -0.39 is 5.09 Å². The average Bonchev–Trinajstić information content (AvgIpc) is 0.811. The first-order valence-electron chi connectivity index (χ1n) is 0.548. The molecule has 0 amide bonds. The second-order valence-electron chi connectivity index (χ2n) is 0.224. The second kappa shape index (κ2) is 16.1. The van der Waals surface area contributed by atoms with Crippen LogP contribution < -0.4 is 0 Å². The van der Waals surface area contributed by atoms with Crippen LogP contribution in [-0.4, -0.2) is 51.0 Å². The van der Waals surface area contributed by atoms with Crippen molar-refractivity contribution in [1.82, 2.24) is 0 Å². The summed E-state index contributed by atoms with van der Waals surface area (Å²) in [7, 11) is 0. The van der Waals surface area contributed by atoms with Gasteiger partial charge in [-0.1, -0.05) is 0 Å². The molecule has 7 heteroatoms. The molecule has 0 aliphatic heterocycles. The molecule has 0 radical (unpaired) electrons. The van der Waals surface area contributed by atoms with Crippen molar-refractivity contribution in [2.24, 2.45) is 0 Å². The fraction of sp³-hybridized carbons (Fsp3) is 0. The minimum atomic E-state index is -1.75. The molecule has 0 bridgehead atoms. The van der Waals surface area contributed by atoms with Crippen LogP contribution >= 0.6 is 0 Å². The van der Waals surface area contributed by atoms with E-state index in [1.807, 2.05) is 0 Å². The maximum atomic E-state index is 8.25. The maximum Gasteiger partial charge on any atom is 3.00 e. The molecule has 0 saturated heterocycles. The van der Waals surface area contributed by atoms with Crippen LogP contribution in [0.3, 0.4) is 0 Å². The molecule has 0 aliphatic rings. The van der Waals surface area contributed by atoms with Crippen LogP contribution in [0.2, 0.25) is 0 Å². The van der Waals surface area contributed by atoms with Gasteiger partial charge in [0.2, 0.25) is 0 Å². The number of rotatable bonds is 0. The summed E-state index contributed by atoms with van der Waals surface area (Å²) in [4.78, 5) is 8.25. The van der Waals surface area contributed by atoms with Crippen LogP contribution in [0.15, 0.2) is 0 Å². The molecular weight excluding hydrogens is 129 g/mol. The summed E-state index contributed by atoms with van der Waals surface area (Å²) in [6.45, 7) is 0. The summed E-state index contributed by atoms with van der Waals surface area (Å²) in [6, 6.07) is 0. The van der Waals surface area contributed by atoms with Gasteiger partial charge in [-0.2, -0.15) is 0 Å². The zero-order chi connectivity index (χ0) is 3.58. The molecule has 1 N–H and O–H groups in total. The van der Waals surface area contributed by atoms with Crippen LogP contribution in [0.25, 0.3) is 0 Å². The largest absolute Gasteiger partial charge is 3.00 e. The van der Waals surface area contributed by atoms with Crippen molar-refractivity contribution in [1.29, 1.82) is 0 Å². The molecule has 0 aromatic heterocycles. The predicted molar refractivity (Wildman–Crippen MR) is 23.8 cm³/mol. The Morgan fingerprint density at radius 1 is 1.29 bits per heavy atom. The van der Waals surface area contributed by atoms with Gasteiger partial charge in [0.05, 0.1) is 5.09 Å². The van der Waals surface area contributed by atoms with E-state index in [-0.39, 0.29) is 45.9 Å². The molecule has 0 unspecified atom stereocenters. The van der Waals surface area contributed by atoms with Crippen LogP contribution in [0.5, 0.6) is 0 Å². The SMILES string of the molecule is O=[N+]([O-])[O-].[Al+3].[Mg+2].[OH-]. The monoisotopic (exact) mass is 130 g/mol. The molecule has 0 spiro atoms. The van der Waals surface area contributed by atoms with E-state index in [4.69, 9.17) is 15.3 Å². The molecule has 7 heavy (non-hydrogen) atoms. The van der Waals surface area contributed by atoms with Crippen LogP contribution in [0.4, 0.5) is 0 Å². The van der Waals surface area contributed by atoms with E-state index >= 15 is 0 Å². The van der Waals surface area contributed by atoms with E-state index in [1.54, 1.807) is 0 Å². The van der Waals surface area contributed by atoms with E-state index in [0.29, 0.717) is 0 Å². The van der Waals surface area contributed by atoms with Gasteiger partial charge in [0.25, 0.3) is 0 Å². The van der Waals surface area contributed by atoms with Gasteiger partial charge in [-0.25, -0.2) is 0 Å². The van der Waals surface area contributed by atoms with Crippen molar-refractivity contribution in [3.63, 3.8) is 0 Å². The Hall–Kier alpha value is 0.459. The Kier molecular flexibility index (Phi) is 59.8. The van der Waals surface area contributed by atoms with Gasteiger partial charge in [-0.3, -0.25) is 0 Å². The van der Waals surface area contributed by atoms with Crippen molar-refractivity contribution >= 4 is 40.4 Å². The Labute approximate surface area is 66.4 Å². The molecular formula is HAlMgNO4+3. The summed E-state index contributed by atoms with van der Waals surface area (Å²) < 4.78 is 0. The molecule has 0 aromatic carbocycles. The van der Waals surface area contributed by atoms with E-state index in [1.165, 1.54) is 0 Å². The molecule has 0 atom stereocenters. The van der Waals surface area contributed by atoms with Gasteiger partial charge in [-0.05, 0) is 0 Å². The fourth-order valence-electron chi connectivity index (χ4n) is 0. The van der Waals surface area contributed by atoms with Gasteiger partial charge in [0.1, 0.15) is 0 Å². The predicted octanol–water partition coefficient (Wildman–Crippen LogP) is -1.18. The Balaban J connectivity index is -0.0000000150. The second-order valence-corrected chi connectivity index (χ2v) is 0.224. The zero-order valence-corrected chi connectivity index (χ0v) is 5.97. The molecule has 0 heterocycles. The maximum absolute atomic E-state index is 8.25. The van der Waals surface area contributed by atoms with Crippen LogP contribution in [-0.2, 0) is 0 Å². The zero-order valence-electron chi connectivity index (χ0n) is 3.40. The van der Waals surface area contributed by atoms with Crippen molar-refractivity contribution in [3.8, 4) is 0 Å². The number of hydrogen-bond donors (Lipinski definition) is 0. The minimum absolute atomic E-state index is 0. The minimum Gasteiger partial charge on any atom is -0.870 e. The topological polar surface area (TPSA) is 96.2 Å². The third-order valence-electron chi connectivity index (χ3n) is 0. The first-order chi connectivity index (χ1) is 1.73. The molecule has 0 aromatic rings. The summed E-state index contributed by atoms with van der Waals surface area (Å²) in [5, 5.41) is 14.8. The Bertz CT molecular complexity index is 34.7. The molecule has 5 nitrogen and oxygen atoms in total. The molecule has 32 valence electrons. The normalized spacial score (nSPS) is 3.43. The molecule has 0 saturated carbocycles. The first-order valence-corrected chi connectivity index (χ1v) is 0.548. The first kappa shape index (κ1) is 26.0. The van der Waals surface area contributed by atoms with E-state index in [0.717, 1.165) is 0 Å². The number of nitrogens with zero attached hydrogens (tertiary/aromatic N) is 1. The van der Waals surface area contributed by atoms with Gasteiger partial charge in [0.15, 0.2) is 0 Å². The van der Waals surface area contributed by atoms with Gasteiger partial charge in [0, 0.05) is 0 Å². The summed E-state index contributed by atoms with van der Waals surface area (Å²) in [6.07, 6.45) is 0. The number of hydrogen-bond acceptors (Lipinski definition) is 4. The third kappa shape index (κ3) is 610. The third-order valence-corrected chi connectivity index (χ3v) is 0. The smallest absolute Gasteiger partial charge is 0.870 e. The van der Waals surface area contributed by atoms with Crippen molar-refractivity contribution in [2.75, 3.05) is 0 Å². The van der Waals surface area contributed by atoms with E-state index in [2.05, 4.69) is 0 Å². The average molecular weight is 130 g/mol. The van der Waals surface area contributed by atoms with Crippen molar-refractivity contribution < 1.29 is 10.6 Å². The van der Waals surface area contributed by atoms with Gasteiger partial charge >= 0.3 is 40.4 Å². The molecule has 0 aliphatic carbocycles.